The van der Waals surface area contributed by atoms with Crippen molar-refractivity contribution < 1.29 is 19.5 Å². The van der Waals surface area contributed by atoms with E-state index in [0.29, 0.717) is 46.2 Å². The number of amides is 2. The number of nitrogens with one attached hydrogen (secondary N) is 2. The van der Waals surface area contributed by atoms with E-state index in [-0.39, 0.29) is 23.1 Å². The molecule has 0 saturated heterocycles. The Morgan fingerprint density at radius 1 is 0.975 bits per heavy atom. The SMILES string of the molecule is CCN(CC)CCNC(=O)Cc1ccc(N=Cc2c(O)[nH]c3cc(C(=O)c4cccc(C(N)=O)c4)ccc23)cc1. The number of primary amides is 1. The first kappa shape index (κ1) is 28.3. The number of nitrogens with zero attached hydrogens (tertiary/aromatic N) is 2. The zero-order valence-corrected chi connectivity index (χ0v) is 22.6. The second kappa shape index (κ2) is 12.9. The van der Waals surface area contributed by atoms with Gasteiger partial charge in [-0.1, -0.05) is 50.2 Å². The Kier molecular flexibility index (Phi) is 9.08. The number of H-pyrrole nitrogens is 1. The molecule has 0 radical (unpaired) electrons. The van der Waals surface area contributed by atoms with Gasteiger partial charge in [0.15, 0.2) is 11.7 Å². The van der Waals surface area contributed by atoms with E-state index in [4.69, 9.17) is 5.73 Å². The molecule has 4 aromatic rings. The van der Waals surface area contributed by atoms with Gasteiger partial charge in [0.05, 0.1) is 17.7 Å². The molecule has 3 aromatic carbocycles. The van der Waals surface area contributed by atoms with Crippen molar-refractivity contribution in [1.82, 2.24) is 15.2 Å². The molecule has 9 heteroatoms. The summed E-state index contributed by atoms with van der Waals surface area (Å²) in [7, 11) is 0. The Morgan fingerprint density at radius 2 is 1.68 bits per heavy atom. The van der Waals surface area contributed by atoms with Crippen molar-refractivity contribution in [2.45, 2.75) is 20.3 Å². The Hall–Kier alpha value is -4.76. The van der Waals surface area contributed by atoms with Crippen LogP contribution in [0.3, 0.4) is 0 Å². The lowest BCUT2D eigenvalue weighted by Gasteiger charge is -2.17. The van der Waals surface area contributed by atoms with Crippen LogP contribution in [0.15, 0.2) is 71.7 Å². The second-order valence-corrected chi connectivity index (χ2v) is 9.40. The minimum Gasteiger partial charge on any atom is -0.494 e. The summed E-state index contributed by atoms with van der Waals surface area (Å²) in [6, 6.07) is 18.6. The Balaban J connectivity index is 1.42. The molecule has 0 aliphatic rings. The third kappa shape index (κ3) is 6.81. The molecule has 0 aliphatic heterocycles. The minimum absolute atomic E-state index is 0.0226. The average molecular weight is 540 g/mol. The normalized spacial score (nSPS) is 11.4. The molecule has 40 heavy (non-hydrogen) atoms. The molecule has 0 atom stereocenters. The smallest absolute Gasteiger partial charge is 0.248 e. The highest BCUT2D eigenvalue weighted by molar-refractivity contribution is 6.12. The molecule has 1 heterocycles. The maximum atomic E-state index is 13.0. The van der Waals surface area contributed by atoms with E-state index >= 15 is 0 Å². The fourth-order valence-corrected chi connectivity index (χ4v) is 4.44. The van der Waals surface area contributed by atoms with Crippen LogP contribution in [0, 0.1) is 0 Å². The van der Waals surface area contributed by atoms with Crippen LogP contribution >= 0.6 is 0 Å². The highest BCUT2D eigenvalue weighted by atomic mass is 16.3. The maximum Gasteiger partial charge on any atom is 0.248 e. The van der Waals surface area contributed by atoms with E-state index in [1.807, 2.05) is 24.3 Å². The van der Waals surface area contributed by atoms with Gasteiger partial charge in [-0.05, 0) is 49.0 Å². The fourth-order valence-electron chi connectivity index (χ4n) is 4.44. The van der Waals surface area contributed by atoms with Crippen LogP contribution in [-0.2, 0) is 11.2 Å². The van der Waals surface area contributed by atoms with Crippen molar-refractivity contribution in [3.05, 3.63) is 94.5 Å². The first-order chi connectivity index (χ1) is 19.3. The van der Waals surface area contributed by atoms with E-state index in [0.717, 1.165) is 25.2 Å². The highest BCUT2D eigenvalue weighted by Crippen LogP contribution is 2.28. The molecule has 0 spiro atoms. The van der Waals surface area contributed by atoms with Crippen molar-refractivity contribution in [2.75, 3.05) is 26.2 Å². The summed E-state index contributed by atoms with van der Waals surface area (Å²) < 4.78 is 0. The van der Waals surface area contributed by atoms with Crippen molar-refractivity contribution >= 4 is 40.4 Å². The Bertz CT molecular complexity index is 1550. The lowest BCUT2D eigenvalue weighted by molar-refractivity contribution is -0.120. The van der Waals surface area contributed by atoms with E-state index in [9.17, 15) is 19.5 Å². The van der Waals surface area contributed by atoms with Gasteiger partial charge < -0.3 is 26.0 Å². The maximum absolute atomic E-state index is 13.0. The van der Waals surface area contributed by atoms with Crippen LogP contribution in [0.5, 0.6) is 5.88 Å². The lowest BCUT2D eigenvalue weighted by Crippen LogP contribution is -2.35. The standard InChI is InChI=1S/C31H33N5O4/c1-3-36(4-2)15-14-33-28(37)16-20-8-11-24(12-9-20)34-19-26-25-13-10-22(18-27(25)35-31(26)40)29(38)21-6-5-7-23(17-21)30(32)39/h5-13,17-19,35,40H,3-4,14-16H2,1-2H3,(H2,32,39)(H,33,37). The van der Waals surface area contributed by atoms with Crippen molar-refractivity contribution in [1.29, 1.82) is 0 Å². The molecular weight excluding hydrogens is 506 g/mol. The third-order valence-electron chi connectivity index (χ3n) is 6.78. The van der Waals surface area contributed by atoms with E-state index in [1.165, 1.54) is 6.07 Å². The number of carbonyl (C=O) groups excluding carboxylic acids is 3. The number of hydrogen-bond acceptors (Lipinski definition) is 6. The first-order valence-corrected chi connectivity index (χ1v) is 13.2. The van der Waals surface area contributed by atoms with Gasteiger partial charge in [0.25, 0.3) is 0 Å². The van der Waals surface area contributed by atoms with Crippen LogP contribution < -0.4 is 11.1 Å². The second-order valence-electron chi connectivity index (χ2n) is 9.40. The van der Waals surface area contributed by atoms with Crippen LogP contribution in [0.2, 0.25) is 0 Å². The quantitative estimate of drug-likeness (QED) is 0.159. The van der Waals surface area contributed by atoms with Crippen LogP contribution in [-0.4, -0.2) is 65.0 Å². The summed E-state index contributed by atoms with van der Waals surface area (Å²) in [5, 5.41) is 14.2. The Morgan fingerprint density at radius 3 is 2.38 bits per heavy atom. The van der Waals surface area contributed by atoms with Gasteiger partial charge in [-0.3, -0.25) is 19.4 Å². The lowest BCUT2D eigenvalue weighted by atomic mass is 10.00. The molecule has 0 aliphatic carbocycles. The number of hydrogen-bond donors (Lipinski definition) is 4. The van der Waals surface area contributed by atoms with E-state index in [2.05, 4.69) is 34.0 Å². The number of aromatic nitrogens is 1. The minimum atomic E-state index is -0.607. The topological polar surface area (TPSA) is 141 Å². The number of likely N-dealkylation sites (N-methyl/N-ethyl adjacent to an activating group) is 1. The number of nitrogens with two attached hydrogens (primary N) is 1. The number of aromatic amines is 1. The Labute approximate surface area is 232 Å². The molecule has 0 fully saturated rings. The first-order valence-electron chi connectivity index (χ1n) is 13.2. The fraction of sp³-hybridized carbons (Fsp3) is 0.226. The largest absolute Gasteiger partial charge is 0.494 e. The molecule has 206 valence electrons. The summed E-state index contributed by atoms with van der Waals surface area (Å²) in [6.45, 7) is 7.57. The molecule has 5 N–H and O–H groups in total. The summed E-state index contributed by atoms with van der Waals surface area (Å²) in [5.41, 5.74) is 8.93. The number of rotatable bonds is 12. The zero-order valence-electron chi connectivity index (χ0n) is 22.6. The zero-order chi connectivity index (χ0) is 28.6. The van der Waals surface area contributed by atoms with Gasteiger partial charge in [0.1, 0.15) is 0 Å². The molecule has 0 bridgehead atoms. The molecular formula is C31H33N5O4. The monoisotopic (exact) mass is 539 g/mol. The number of carbonyl (C=O) groups is 3. The predicted molar refractivity (Wildman–Crippen MR) is 157 cm³/mol. The van der Waals surface area contributed by atoms with Gasteiger partial charge in [-0.2, -0.15) is 0 Å². The average Bonchev–Trinajstić information content (AvgIpc) is 3.28. The van der Waals surface area contributed by atoms with Crippen LogP contribution in [0.25, 0.3) is 10.9 Å². The van der Waals surface area contributed by atoms with Crippen molar-refractivity contribution in [3.63, 3.8) is 0 Å². The van der Waals surface area contributed by atoms with Gasteiger partial charge >= 0.3 is 0 Å². The van der Waals surface area contributed by atoms with Crippen molar-refractivity contribution in [2.24, 2.45) is 10.7 Å². The number of fused-ring (bicyclic) bond motifs is 1. The predicted octanol–water partition coefficient (Wildman–Crippen LogP) is 3.95. The number of aromatic hydroxyl groups is 1. The van der Waals surface area contributed by atoms with E-state index < -0.39 is 5.91 Å². The highest BCUT2D eigenvalue weighted by Gasteiger charge is 2.15. The molecule has 0 saturated carbocycles. The van der Waals surface area contributed by atoms with Crippen LogP contribution in [0.4, 0.5) is 5.69 Å². The van der Waals surface area contributed by atoms with Gasteiger partial charge in [0.2, 0.25) is 11.8 Å². The summed E-state index contributed by atoms with van der Waals surface area (Å²) in [4.78, 5) is 46.3. The van der Waals surface area contributed by atoms with Crippen molar-refractivity contribution in [3.8, 4) is 5.88 Å². The number of ketones is 1. The number of aliphatic imine (C=N–C) groups is 1. The molecule has 4 rings (SSSR count). The van der Waals surface area contributed by atoms with Gasteiger partial charge in [0, 0.05) is 46.9 Å². The summed E-state index contributed by atoms with van der Waals surface area (Å²) in [6.07, 6.45) is 1.85. The van der Waals surface area contributed by atoms with Crippen LogP contribution in [0.1, 0.15) is 51.3 Å². The molecule has 2 amide bonds. The summed E-state index contributed by atoms with van der Waals surface area (Å²) >= 11 is 0. The van der Waals surface area contributed by atoms with E-state index in [1.54, 1.807) is 42.6 Å². The molecule has 0 unspecified atom stereocenters. The molecule has 9 nitrogen and oxygen atoms in total. The number of benzene rings is 3. The third-order valence-corrected chi connectivity index (χ3v) is 6.78. The summed E-state index contributed by atoms with van der Waals surface area (Å²) in [5.74, 6) is -0.973. The molecule has 1 aromatic heterocycles. The van der Waals surface area contributed by atoms with Gasteiger partial charge in [-0.25, -0.2) is 0 Å². The van der Waals surface area contributed by atoms with Gasteiger partial charge in [-0.15, -0.1) is 0 Å².